The molecule has 4 aromatic rings. The van der Waals surface area contributed by atoms with Gasteiger partial charge in [0.05, 0.1) is 34.7 Å². The summed E-state index contributed by atoms with van der Waals surface area (Å²) >= 11 is 0. The van der Waals surface area contributed by atoms with Crippen molar-refractivity contribution in [2.24, 2.45) is 7.05 Å². The van der Waals surface area contributed by atoms with Gasteiger partial charge in [-0.15, -0.1) is 10.2 Å². The monoisotopic (exact) mass is 529 g/mol. The van der Waals surface area contributed by atoms with Crippen LogP contribution >= 0.6 is 0 Å². The molecule has 38 heavy (non-hydrogen) atoms. The Hall–Kier alpha value is -4.36. The second kappa shape index (κ2) is 9.84. The Balaban J connectivity index is 1.30. The number of rotatable bonds is 4. The quantitative estimate of drug-likeness (QED) is 0.397. The first kappa shape index (κ1) is 25.3. The molecule has 0 bridgehead atoms. The Kier molecular flexibility index (Phi) is 6.55. The van der Waals surface area contributed by atoms with Gasteiger partial charge in [-0.05, 0) is 37.1 Å². The number of hydrogen-bond donors (Lipinski definition) is 1. The molecule has 0 spiro atoms. The van der Waals surface area contributed by atoms with E-state index >= 15 is 0 Å². The third kappa shape index (κ3) is 4.80. The molecule has 0 radical (unpaired) electrons. The van der Waals surface area contributed by atoms with Gasteiger partial charge in [-0.3, -0.25) is 4.68 Å². The maximum Gasteiger partial charge on any atom is 0.418 e. The minimum absolute atomic E-state index is 0.228. The number of urea groups is 1. The van der Waals surface area contributed by atoms with Crippen molar-refractivity contribution in [3.8, 4) is 11.4 Å². The molecule has 1 saturated heterocycles. The average molecular weight is 530 g/mol. The average Bonchev–Trinajstić information content (AvgIpc) is 3.33. The molecule has 5 rings (SSSR count). The summed E-state index contributed by atoms with van der Waals surface area (Å²) in [6.45, 7) is 1.06. The van der Waals surface area contributed by atoms with Gasteiger partial charge in [0, 0.05) is 44.8 Å². The van der Waals surface area contributed by atoms with E-state index < -0.39 is 29.3 Å². The predicted octanol–water partition coefficient (Wildman–Crippen LogP) is 4.11. The maximum atomic E-state index is 13.4. The number of carbonyl (C=O) groups is 1. The number of amides is 2. The molecule has 2 amide bonds. The molecule has 3 aromatic heterocycles. The molecule has 1 N–H and O–H groups in total. The highest BCUT2D eigenvalue weighted by atomic mass is 19.4. The fourth-order valence-electron chi connectivity index (χ4n) is 4.62. The van der Waals surface area contributed by atoms with Crippen LogP contribution in [0.5, 0.6) is 0 Å². The standard InChI is InChI=1S/C24H23F4N9O/c1-35(23(38)32-19-4-3-14(25)11-18(19)24(26,27)28)15-6-9-37(10-7-15)22-17-13-30-29-12-16(17)21(33-34-22)20-5-8-31-36(20)2/h3-5,8,11-13,15H,6-7,9-10H2,1-2H3,(H,32,38). The third-order valence-corrected chi connectivity index (χ3v) is 6.70. The molecule has 1 fully saturated rings. The maximum absolute atomic E-state index is 13.4. The number of nitrogens with one attached hydrogen (secondary N) is 1. The van der Waals surface area contributed by atoms with E-state index in [-0.39, 0.29) is 6.04 Å². The predicted molar refractivity (Wildman–Crippen MR) is 131 cm³/mol. The van der Waals surface area contributed by atoms with Crippen molar-refractivity contribution >= 4 is 28.3 Å². The zero-order valence-electron chi connectivity index (χ0n) is 20.4. The number of carbonyl (C=O) groups excluding carboxylic acids is 1. The van der Waals surface area contributed by atoms with Crippen LogP contribution in [0.25, 0.3) is 22.2 Å². The first-order chi connectivity index (χ1) is 18.1. The molecule has 10 nitrogen and oxygen atoms in total. The van der Waals surface area contributed by atoms with E-state index in [0.717, 1.165) is 28.6 Å². The van der Waals surface area contributed by atoms with Crippen LogP contribution in [-0.2, 0) is 13.2 Å². The van der Waals surface area contributed by atoms with Gasteiger partial charge in [0.2, 0.25) is 0 Å². The number of piperidine rings is 1. The lowest BCUT2D eigenvalue weighted by Gasteiger charge is -2.37. The molecule has 1 aromatic carbocycles. The van der Waals surface area contributed by atoms with E-state index in [1.807, 2.05) is 18.0 Å². The number of halogens is 4. The third-order valence-electron chi connectivity index (χ3n) is 6.70. The van der Waals surface area contributed by atoms with Crippen molar-refractivity contribution < 1.29 is 22.4 Å². The Morgan fingerprint density at radius 3 is 2.45 bits per heavy atom. The van der Waals surface area contributed by atoms with Gasteiger partial charge in [0.25, 0.3) is 0 Å². The number of nitrogens with zero attached hydrogens (tertiary/aromatic N) is 8. The van der Waals surface area contributed by atoms with Crippen LogP contribution in [0.1, 0.15) is 18.4 Å². The van der Waals surface area contributed by atoms with Crippen molar-refractivity contribution in [2.45, 2.75) is 25.1 Å². The highest BCUT2D eigenvalue weighted by Gasteiger charge is 2.35. The molecular formula is C24H23F4N9O. The Bertz CT molecular complexity index is 1480. The van der Waals surface area contributed by atoms with E-state index in [2.05, 4.69) is 30.8 Å². The van der Waals surface area contributed by atoms with Crippen molar-refractivity contribution in [3.63, 3.8) is 0 Å². The number of aryl methyl sites for hydroxylation is 1. The van der Waals surface area contributed by atoms with Crippen molar-refractivity contribution in [1.29, 1.82) is 0 Å². The van der Waals surface area contributed by atoms with Gasteiger partial charge in [-0.2, -0.15) is 28.5 Å². The lowest BCUT2D eigenvalue weighted by molar-refractivity contribution is -0.137. The van der Waals surface area contributed by atoms with Gasteiger partial charge < -0.3 is 15.1 Å². The first-order valence-corrected chi connectivity index (χ1v) is 11.7. The van der Waals surface area contributed by atoms with Crippen molar-refractivity contribution in [3.05, 3.63) is 54.2 Å². The van der Waals surface area contributed by atoms with Gasteiger partial charge in [0.15, 0.2) is 5.82 Å². The van der Waals surface area contributed by atoms with Crippen LogP contribution < -0.4 is 10.2 Å². The number of aromatic nitrogens is 6. The van der Waals surface area contributed by atoms with E-state index in [1.165, 1.54) is 11.9 Å². The molecule has 198 valence electrons. The molecule has 0 aliphatic carbocycles. The zero-order valence-corrected chi connectivity index (χ0v) is 20.4. The molecule has 4 heterocycles. The second-order valence-electron chi connectivity index (χ2n) is 8.98. The number of anilines is 2. The van der Waals surface area contributed by atoms with Crippen LogP contribution in [0, 0.1) is 5.82 Å². The van der Waals surface area contributed by atoms with Gasteiger partial charge in [-0.1, -0.05) is 0 Å². The summed E-state index contributed by atoms with van der Waals surface area (Å²) in [5.74, 6) is -0.404. The Labute approximate surface area is 214 Å². The topological polar surface area (TPSA) is 105 Å². The van der Waals surface area contributed by atoms with E-state index in [9.17, 15) is 22.4 Å². The van der Waals surface area contributed by atoms with Crippen LogP contribution in [0.2, 0.25) is 0 Å². The van der Waals surface area contributed by atoms with Crippen LogP contribution in [0.4, 0.5) is 33.9 Å². The molecule has 1 aliphatic rings. The number of benzene rings is 1. The summed E-state index contributed by atoms with van der Waals surface area (Å²) < 4.78 is 55.0. The number of hydrogen-bond acceptors (Lipinski definition) is 7. The highest BCUT2D eigenvalue weighted by molar-refractivity contribution is 5.98. The Morgan fingerprint density at radius 1 is 1.08 bits per heavy atom. The van der Waals surface area contributed by atoms with Crippen LogP contribution in [-0.4, -0.2) is 67.3 Å². The van der Waals surface area contributed by atoms with E-state index in [1.54, 1.807) is 23.3 Å². The van der Waals surface area contributed by atoms with Crippen molar-refractivity contribution in [1.82, 2.24) is 35.1 Å². The fourth-order valence-corrected chi connectivity index (χ4v) is 4.62. The summed E-state index contributed by atoms with van der Waals surface area (Å²) in [5.41, 5.74) is -0.325. The summed E-state index contributed by atoms with van der Waals surface area (Å²) in [5, 5.41) is 24.9. The fraction of sp³-hybridized carbons (Fsp3) is 0.333. The van der Waals surface area contributed by atoms with Crippen molar-refractivity contribution in [2.75, 3.05) is 30.4 Å². The highest BCUT2D eigenvalue weighted by Crippen LogP contribution is 2.36. The molecule has 14 heteroatoms. The molecule has 1 aliphatic heterocycles. The first-order valence-electron chi connectivity index (χ1n) is 11.7. The van der Waals surface area contributed by atoms with Crippen LogP contribution in [0.15, 0.2) is 42.9 Å². The second-order valence-corrected chi connectivity index (χ2v) is 8.98. The van der Waals surface area contributed by atoms with Crippen LogP contribution in [0.3, 0.4) is 0 Å². The summed E-state index contributed by atoms with van der Waals surface area (Å²) in [7, 11) is 3.34. The minimum atomic E-state index is -4.81. The van der Waals surface area contributed by atoms with Gasteiger partial charge in [0.1, 0.15) is 11.5 Å². The smallest absolute Gasteiger partial charge is 0.354 e. The number of alkyl halides is 3. The van der Waals surface area contributed by atoms with Gasteiger partial charge in [-0.25, -0.2) is 9.18 Å². The van der Waals surface area contributed by atoms with E-state index in [4.69, 9.17) is 0 Å². The normalized spacial score (nSPS) is 14.6. The lowest BCUT2D eigenvalue weighted by Crippen LogP contribution is -2.47. The largest absolute Gasteiger partial charge is 0.418 e. The molecule has 0 unspecified atom stereocenters. The minimum Gasteiger partial charge on any atom is -0.354 e. The molecular weight excluding hydrogens is 506 g/mol. The summed E-state index contributed by atoms with van der Waals surface area (Å²) in [4.78, 5) is 16.2. The molecule has 0 saturated carbocycles. The summed E-state index contributed by atoms with van der Waals surface area (Å²) in [6.07, 6.45) is 1.21. The lowest BCUT2D eigenvalue weighted by atomic mass is 10.0. The van der Waals surface area contributed by atoms with E-state index in [0.29, 0.717) is 43.5 Å². The van der Waals surface area contributed by atoms with Gasteiger partial charge >= 0.3 is 12.2 Å². The summed E-state index contributed by atoms with van der Waals surface area (Å²) in [6, 6.07) is 3.05. The molecule has 0 atom stereocenters. The SMILES string of the molecule is CN(C(=O)Nc1ccc(F)cc1C(F)(F)F)C1CCN(c2nnc(-c3ccnn3C)c3cnncc23)CC1. The zero-order chi connectivity index (χ0) is 27.0. The number of fused-ring (bicyclic) bond motifs is 1. The Morgan fingerprint density at radius 2 is 1.79 bits per heavy atom.